The molecule has 0 heterocycles. The number of hydrogen-bond donors (Lipinski definition) is 2. The predicted molar refractivity (Wildman–Crippen MR) is 143 cm³/mol. The van der Waals surface area contributed by atoms with E-state index >= 15 is 0 Å². The Morgan fingerprint density at radius 1 is 0.778 bits per heavy atom. The normalized spacial score (nSPS) is 10.4. The lowest BCUT2D eigenvalue weighted by molar-refractivity contribution is -0.147. The summed E-state index contributed by atoms with van der Waals surface area (Å²) in [5.41, 5.74) is 4.42. The molecule has 0 radical (unpaired) electrons. The van der Waals surface area contributed by atoms with Crippen LogP contribution in [-0.4, -0.2) is 24.4 Å². The van der Waals surface area contributed by atoms with Gasteiger partial charge in [-0.25, -0.2) is 0 Å². The monoisotopic (exact) mass is 552 g/mol. The largest absolute Gasteiger partial charge is 0.457 e. The Balaban J connectivity index is 1.35. The molecule has 0 aliphatic heterocycles. The molecule has 7 nitrogen and oxygen atoms in total. The lowest BCUT2D eigenvalue weighted by Gasteiger charge is -2.10. The van der Waals surface area contributed by atoms with Gasteiger partial charge in [0.05, 0.1) is 0 Å². The topological polar surface area (TPSA) is 93.7 Å². The molecule has 0 saturated carbocycles. The first-order valence-electron chi connectivity index (χ1n) is 11.6. The molecule has 0 unspecified atom stereocenters. The summed E-state index contributed by atoms with van der Waals surface area (Å²) in [6.45, 7) is 5.52. The van der Waals surface area contributed by atoms with Gasteiger partial charge in [-0.2, -0.15) is 0 Å². The van der Waals surface area contributed by atoms with Crippen LogP contribution in [0.1, 0.15) is 36.0 Å². The number of halogens is 1. The van der Waals surface area contributed by atoms with Crippen molar-refractivity contribution in [1.29, 1.82) is 0 Å². The second kappa shape index (κ2) is 12.9. The Morgan fingerprint density at radius 3 is 2.14 bits per heavy atom. The summed E-state index contributed by atoms with van der Waals surface area (Å²) in [5.74, 6) is 0.265. The zero-order valence-corrected chi connectivity index (χ0v) is 22.1. The van der Waals surface area contributed by atoms with Gasteiger partial charge in [0.15, 0.2) is 6.61 Å². The van der Waals surface area contributed by atoms with E-state index in [1.54, 1.807) is 30.3 Å². The number of ether oxygens (including phenoxy) is 2. The van der Waals surface area contributed by atoms with Gasteiger partial charge in [-0.3, -0.25) is 14.4 Å². The van der Waals surface area contributed by atoms with E-state index in [-0.39, 0.29) is 25.4 Å². The minimum absolute atomic E-state index is 0.0424. The summed E-state index contributed by atoms with van der Waals surface area (Å²) in [6.07, 6.45) is 0.507. The Kier molecular flexibility index (Phi) is 9.64. The molecule has 3 aromatic rings. The maximum atomic E-state index is 12.2. The molecule has 0 fully saturated rings. The molecule has 2 N–H and O–H groups in total. The van der Waals surface area contributed by atoms with Crippen LogP contribution in [0.3, 0.4) is 0 Å². The van der Waals surface area contributed by atoms with E-state index in [0.717, 1.165) is 26.9 Å². The van der Waals surface area contributed by atoms with E-state index in [1.165, 1.54) is 0 Å². The van der Waals surface area contributed by atoms with Crippen molar-refractivity contribution in [2.45, 2.75) is 40.0 Å². The fraction of sp³-hybridized carbons (Fsp3) is 0.250. The van der Waals surface area contributed by atoms with E-state index in [9.17, 15) is 14.4 Å². The van der Waals surface area contributed by atoms with Crippen LogP contribution >= 0.6 is 15.9 Å². The smallest absolute Gasteiger partial charge is 0.306 e. The van der Waals surface area contributed by atoms with E-state index in [0.29, 0.717) is 23.5 Å². The van der Waals surface area contributed by atoms with Crippen molar-refractivity contribution in [3.05, 3.63) is 81.8 Å². The lowest BCUT2D eigenvalue weighted by atomic mass is 10.1. The number of hydrogen-bond acceptors (Lipinski definition) is 5. The quantitative estimate of drug-likeness (QED) is 0.281. The first kappa shape index (κ1) is 26.9. The molecule has 0 saturated heterocycles. The second-order valence-electron chi connectivity index (χ2n) is 8.52. The molecule has 0 aliphatic rings. The molecule has 0 bridgehead atoms. The average molecular weight is 553 g/mol. The molecule has 188 valence electrons. The highest BCUT2D eigenvalue weighted by Gasteiger charge is 2.11. The number of carbonyl (C=O) groups is 3. The molecule has 8 heteroatoms. The zero-order chi connectivity index (χ0) is 26.1. The van der Waals surface area contributed by atoms with Gasteiger partial charge in [-0.05, 0) is 98.5 Å². The van der Waals surface area contributed by atoms with Crippen LogP contribution < -0.4 is 15.4 Å². The molecule has 36 heavy (non-hydrogen) atoms. The number of carbonyl (C=O) groups excluding carboxylic acids is 3. The first-order chi connectivity index (χ1) is 17.2. The summed E-state index contributed by atoms with van der Waals surface area (Å²) >= 11 is 3.37. The van der Waals surface area contributed by atoms with Crippen molar-refractivity contribution in [1.82, 2.24) is 0 Å². The summed E-state index contributed by atoms with van der Waals surface area (Å²) in [7, 11) is 0. The number of aryl methyl sites for hydroxylation is 3. The zero-order valence-electron chi connectivity index (χ0n) is 20.5. The predicted octanol–water partition coefficient (Wildman–Crippen LogP) is 6.46. The van der Waals surface area contributed by atoms with Gasteiger partial charge >= 0.3 is 5.97 Å². The Bertz CT molecular complexity index is 1220. The van der Waals surface area contributed by atoms with E-state index in [4.69, 9.17) is 9.47 Å². The molecule has 3 rings (SSSR count). The maximum Gasteiger partial charge on any atom is 0.306 e. The van der Waals surface area contributed by atoms with Crippen LogP contribution in [0.25, 0.3) is 0 Å². The number of nitrogens with one attached hydrogen (secondary N) is 2. The fourth-order valence-electron chi connectivity index (χ4n) is 3.52. The van der Waals surface area contributed by atoms with Crippen molar-refractivity contribution in [3.8, 4) is 11.5 Å². The van der Waals surface area contributed by atoms with Crippen molar-refractivity contribution in [3.63, 3.8) is 0 Å². The van der Waals surface area contributed by atoms with Gasteiger partial charge in [-0.1, -0.05) is 22.0 Å². The minimum atomic E-state index is -0.529. The third kappa shape index (κ3) is 8.85. The molecule has 0 aromatic heterocycles. The first-order valence-corrected chi connectivity index (χ1v) is 12.3. The van der Waals surface area contributed by atoms with E-state index < -0.39 is 11.9 Å². The van der Waals surface area contributed by atoms with Crippen molar-refractivity contribution in [2.75, 3.05) is 17.2 Å². The van der Waals surface area contributed by atoms with E-state index in [2.05, 4.69) is 32.6 Å². The van der Waals surface area contributed by atoms with E-state index in [1.807, 2.05) is 45.0 Å². The van der Waals surface area contributed by atoms with Crippen molar-refractivity contribution in [2.24, 2.45) is 0 Å². The highest BCUT2D eigenvalue weighted by Crippen LogP contribution is 2.25. The SMILES string of the molecule is Cc1cc(C)cc(Oc2ccc(NC(=O)CCCC(=O)OCC(=O)Nc3ccc(Br)cc3C)cc2)c1. The van der Waals surface area contributed by atoms with Crippen LogP contribution in [0.15, 0.2) is 65.1 Å². The van der Waals surface area contributed by atoms with Crippen LogP contribution in [-0.2, 0) is 19.1 Å². The average Bonchev–Trinajstić information content (AvgIpc) is 2.80. The standard InChI is InChI=1S/C28H29BrN2O5/c1-18-13-19(2)15-24(14-18)36-23-10-8-22(9-11-23)30-26(32)5-4-6-28(34)35-17-27(33)31-25-12-7-21(29)16-20(25)3/h7-16H,4-6,17H2,1-3H3,(H,30,32)(H,31,33). The Morgan fingerprint density at radius 2 is 1.47 bits per heavy atom. The van der Waals surface area contributed by atoms with Gasteiger partial charge in [0.1, 0.15) is 11.5 Å². The summed E-state index contributed by atoms with van der Waals surface area (Å²) < 4.78 is 11.8. The molecular weight excluding hydrogens is 524 g/mol. The molecule has 0 aliphatic carbocycles. The van der Waals surface area contributed by atoms with Crippen molar-refractivity contribution < 1.29 is 23.9 Å². The summed E-state index contributed by atoms with van der Waals surface area (Å²) in [4.78, 5) is 36.2. The van der Waals surface area contributed by atoms with Gasteiger partial charge in [0.25, 0.3) is 5.91 Å². The highest BCUT2D eigenvalue weighted by molar-refractivity contribution is 9.10. The van der Waals surface area contributed by atoms with Crippen molar-refractivity contribution >= 4 is 45.1 Å². The van der Waals surface area contributed by atoms with Gasteiger partial charge in [-0.15, -0.1) is 0 Å². The van der Waals surface area contributed by atoms with Gasteiger partial charge in [0.2, 0.25) is 5.91 Å². The van der Waals surface area contributed by atoms with Crippen LogP contribution in [0, 0.1) is 20.8 Å². The number of esters is 1. The Labute approximate surface area is 219 Å². The highest BCUT2D eigenvalue weighted by atomic mass is 79.9. The fourth-order valence-corrected chi connectivity index (χ4v) is 4.00. The molecule has 3 aromatic carbocycles. The van der Waals surface area contributed by atoms with Crippen LogP contribution in [0.5, 0.6) is 11.5 Å². The van der Waals surface area contributed by atoms with Gasteiger partial charge in [0, 0.05) is 28.7 Å². The molecule has 0 spiro atoms. The number of benzene rings is 3. The third-order valence-corrected chi connectivity index (χ3v) is 5.67. The number of anilines is 2. The van der Waals surface area contributed by atoms with Crippen LogP contribution in [0.2, 0.25) is 0 Å². The van der Waals surface area contributed by atoms with Crippen LogP contribution in [0.4, 0.5) is 11.4 Å². The maximum absolute atomic E-state index is 12.2. The minimum Gasteiger partial charge on any atom is -0.457 e. The number of amides is 2. The molecule has 2 amide bonds. The molecular formula is C28H29BrN2O5. The third-order valence-electron chi connectivity index (χ3n) is 5.18. The lowest BCUT2D eigenvalue weighted by Crippen LogP contribution is -2.21. The second-order valence-corrected chi connectivity index (χ2v) is 9.44. The molecule has 0 atom stereocenters. The number of rotatable bonds is 10. The summed E-state index contributed by atoms with van der Waals surface area (Å²) in [6, 6.07) is 18.5. The van der Waals surface area contributed by atoms with Gasteiger partial charge < -0.3 is 20.1 Å². The summed E-state index contributed by atoms with van der Waals surface area (Å²) in [5, 5.41) is 5.50. The Hall–Kier alpha value is -3.65.